The van der Waals surface area contributed by atoms with E-state index in [4.69, 9.17) is 16.3 Å². The van der Waals surface area contributed by atoms with E-state index in [1.54, 1.807) is 0 Å². The molecule has 0 radical (unpaired) electrons. The number of ether oxygens (including phenoxy) is 1. The van der Waals surface area contributed by atoms with E-state index in [0.717, 1.165) is 12.1 Å². The zero-order chi connectivity index (χ0) is 11.5. The molecule has 1 fully saturated rings. The van der Waals surface area contributed by atoms with Crippen molar-refractivity contribution in [1.82, 2.24) is 5.32 Å². The summed E-state index contributed by atoms with van der Waals surface area (Å²) in [6, 6.07) is 7.65. The molecule has 0 bridgehead atoms. The predicted octanol–water partition coefficient (Wildman–Crippen LogP) is 1.82. The van der Waals surface area contributed by atoms with Crippen molar-refractivity contribution in [3.8, 4) is 0 Å². The highest BCUT2D eigenvalue weighted by atomic mass is 35.5. The van der Waals surface area contributed by atoms with Gasteiger partial charge in [0.15, 0.2) is 0 Å². The lowest BCUT2D eigenvalue weighted by Crippen LogP contribution is -2.23. The molecule has 16 heavy (non-hydrogen) atoms. The summed E-state index contributed by atoms with van der Waals surface area (Å²) in [5.74, 6) is -0.194. The van der Waals surface area contributed by atoms with Gasteiger partial charge in [0.1, 0.15) is 0 Å². The quantitative estimate of drug-likeness (QED) is 0.800. The van der Waals surface area contributed by atoms with Gasteiger partial charge in [-0.15, -0.1) is 0 Å². The maximum atomic E-state index is 11.6. The predicted molar refractivity (Wildman–Crippen MR) is 62.6 cm³/mol. The molecule has 0 amide bonds. The summed E-state index contributed by atoms with van der Waals surface area (Å²) in [5, 5.41) is 3.92. The average molecular weight is 240 g/mol. The highest BCUT2D eigenvalue weighted by Gasteiger charge is 2.35. The number of benzene rings is 1. The van der Waals surface area contributed by atoms with E-state index in [9.17, 15) is 4.79 Å². The van der Waals surface area contributed by atoms with Crippen LogP contribution in [-0.2, 0) is 9.53 Å². The Labute approximate surface area is 99.7 Å². The second kappa shape index (κ2) is 4.85. The van der Waals surface area contributed by atoms with Crippen LogP contribution >= 0.6 is 11.6 Å². The Morgan fingerprint density at radius 1 is 1.44 bits per heavy atom. The number of hydrogen-bond donors (Lipinski definition) is 1. The normalized spacial score (nSPS) is 24.4. The van der Waals surface area contributed by atoms with Crippen LogP contribution in [0.2, 0.25) is 5.02 Å². The summed E-state index contributed by atoms with van der Waals surface area (Å²) in [7, 11) is 1.42. The first-order chi connectivity index (χ1) is 7.74. The average Bonchev–Trinajstić information content (AvgIpc) is 2.77. The summed E-state index contributed by atoms with van der Waals surface area (Å²) in [6.07, 6.45) is 0. The number of carbonyl (C=O) groups excluding carboxylic acids is 1. The van der Waals surface area contributed by atoms with Crippen LogP contribution in [0, 0.1) is 5.92 Å². The molecule has 1 aromatic rings. The van der Waals surface area contributed by atoms with Gasteiger partial charge in [-0.2, -0.15) is 0 Å². The lowest BCUT2D eigenvalue weighted by atomic mass is 9.89. The number of carbonyl (C=O) groups is 1. The van der Waals surface area contributed by atoms with E-state index in [1.165, 1.54) is 7.11 Å². The van der Waals surface area contributed by atoms with Gasteiger partial charge in [0.05, 0.1) is 13.0 Å². The van der Waals surface area contributed by atoms with Gasteiger partial charge >= 0.3 is 5.97 Å². The van der Waals surface area contributed by atoms with Gasteiger partial charge in [-0.1, -0.05) is 29.8 Å². The molecule has 0 saturated carbocycles. The van der Waals surface area contributed by atoms with Crippen LogP contribution in [0.1, 0.15) is 11.5 Å². The Hall–Kier alpha value is -1.06. The summed E-state index contributed by atoms with van der Waals surface area (Å²) >= 11 is 6.14. The van der Waals surface area contributed by atoms with Crippen LogP contribution in [-0.4, -0.2) is 26.2 Å². The fourth-order valence-electron chi connectivity index (χ4n) is 2.18. The van der Waals surface area contributed by atoms with Crippen molar-refractivity contribution in [2.75, 3.05) is 20.2 Å². The minimum atomic E-state index is -0.171. The van der Waals surface area contributed by atoms with Crippen molar-refractivity contribution in [1.29, 1.82) is 0 Å². The summed E-state index contributed by atoms with van der Waals surface area (Å²) in [4.78, 5) is 11.6. The summed E-state index contributed by atoms with van der Waals surface area (Å²) < 4.78 is 4.80. The minimum absolute atomic E-state index is 0.112. The Balaban J connectivity index is 2.27. The van der Waals surface area contributed by atoms with Gasteiger partial charge < -0.3 is 10.1 Å². The Morgan fingerprint density at radius 2 is 2.19 bits per heavy atom. The molecular formula is C12H14ClNO2. The second-order valence-electron chi connectivity index (χ2n) is 3.92. The smallest absolute Gasteiger partial charge is 0.310 e. The molecule has 0 spiro atoms. The summed E-state index contributed by atoms with van der Waals surface area (Å²) in [5.41, 5.74) is 1.02. The molecule has 2 rings (SSSR count). The fourth-order valence-corrected chi connectivity index (χ4v) is 2.46. The number of esters is 1. The van der Waals surface area contributed by atoms with Crippen molar-refractivity contribution in [3.05, 3.63) is 34.9 Å². The molecule has 1 unspecified atom stereocenters. The molecule has 2 atom stereocenters. The van der Waals surface area contributed by atoms with Crippen molar-refractivity contribution < 1.29 is 9.53 Å². The third-order valence-corrected chi connectivity index (χ3v) is 3.37. The molecule has 0 aliphatic carbocycles. The molecule has 0 aromatic heterocycles. The van der Waals surface area contributed by atoms with Gasteiger partial charge in [-0.3, -0.25) is 4.79 Å². The van der Waals surface area contributed by atoms with E-state index in [0.29, 0.717) is 11.6 Å². The fraction of sp³-hybridized carbons (Fsp3) is 0.417. The van der Waals surface area contributed by atoms with Gasteiger partial charge in [0, 0.05) is 24.0 Å². The lowest BCUT2D eigenvalue weighted by molar-refractivity contribution is -0.145. The van der Waals surface area contributed by atoms with E-state index in [1.807, 2.05) is 24.3 Å². The minimum Gasteiger partial charge on any atom is -0.469 e. The first-order valence-corrected chi connectivity index (χ1v) is 5.65. The number of halogens is 1. The number of methoxy groups -OCH3 is 1. The Bertz CT molecular complexity index is 394. The van der Waals surface area contributed by atoms with E-state index >= 15 is 0 Å². The molecule has 1 heterocycles. The van der Waals surface area contributed by atoms with Gasteiger partial charge in [0.25, 0.3) is 0 Å². The Morgan fingerprint density at radius 3 is 2.88 bits per heavy atom. The number of nitrogens with one attached hydrogen (secondary N) is 1. The lowest BCUT2D eigenvalue weighted by Gasteiger charge is -2.17. The first-order valence-electron chi connectivity index (χ1n) is 5.27. The van der Waals surface area contributed by atoms with Crippen LogP contribution in [0.5, 0.6) is 0 Å². The van der Waals surface area contributed by atoms with Crippen molar-refractivity contribution in [2.45, 2.75) is 5.92 Å². The Kier molecular flexibility index (Phi) is 3.46. The van der Waals surface area contributed by atoms with E-state index in [-0.39, 0.29) is 17.8 Å². The molecule has 1 N–H and O–H groups in total. The van der Waals surface area contributed by atoms with Crippen molar-refractivity contribution in [3.63, 3.8) is 0 Å². The third kappa shape index (κ3) is 2.06. The largest absolute Gasteiger partial charge is 0.469 e. The van der Waals surface area contributed by atoms with Crippen LogP contribution in [0.15, 0.2) is 24.3 Å². The first kappa shape index (κ1) is 11.4. The maximum absolute atomic E-state index is 11.6. The molecular weight excluding hydrogens is 226 g/mol. The molecule has 1 aliphatic heterocycles. The number of rotatable bonds is 2. The monoisotopic (exact) mass is 239 g/mol. The maximum Gasteiger partial charge on any atom is 0.310 e. The van der Waals surface area contributed by atoms with Gasteiger partial charge in [-0.05, 0) is 11.6 Å². The van der Waals surface area contributed by atoms with Crippen LogP contribution < -0.4 is 5.32 Å². The molecule has 1 aliphatic rings. The molecule has 4 heteroatoms. The molecule has 1 aromatic carbocycles. The zero-order valence-corrected chi connectivity index (χ0v) is 9.83. The highest BCUT2D eigenvalue weighted by Crippen LogP contribution is 2.33. The number of hydrogen-bond acceptors (Lipinski definition) is 3. The zero-order valence-electron chi connectivity index (χ0n) is 9.07. The van der Waals surface area contributed by atoms with Crippen LogP contribution in [0.3, 0.4) is 0 Å². The van der Waals surface area contributed by atoms with E-state index < -0.39 is 0 Å². The van der Waals surface area contributed by atoms with Crippen LogP contribution in [0.4, 0.5) is 0 Å². The molecule has 3 nitrogen and oxygen atoms in total. The summed E-state index contributed by atoms with van der Waals surface area (Å²) in [6.45, 7) is 1.42. The standard InChI is InChI=1S/C12H14ClNO2/c1-16-12(15)10-7-14-6-9(10)8-4-2-3-5-11(8)13/h2-5,9-10,14H,6-7H2,1H3/t9?,10-/m1/s1. The van der Waals surface area contributed by atoms with Crippen LogP contribution in [0.25, 0.3) is 0 Å². The highest BCUT2D eigenvalue weighted by molar-refractivity contribution is 6.31. The topological polar surface area (TPSA) is 38.3 Å². The third-order valence-electron chi connectivity index (χ3n) is 3.02. The van der Waals surface area contributed by atoms with Gasteiger partial charge in [0.2, 0.25) is 0 Å². The van der Waals surface area contributed by atoms with E-state index in [2.05, 4.69) is 5.32 Å². The SMILES string of the molecule is COC(=O)[C@@H]1CNCC1c1ccccc1Cl. The van der Waals surface area contributed by atoms with Crippen molar-refractivity contribution >= 4 is 17.6 Å². The van der Waals surface area contributed by atoms with Crippen molar-refractivity contribution in [2.24, 2.45) is 5.92 Å². The van der Waals surface area contributed by atoms with Gasteiger partial charge in [-0.25, -0.2) is 0 Å². The second-order valence-corrected chi connectivity index (χ2v) is 4.32. The molecule has 1 saturated heterocycles. The molecule has 86 valence electrons.